The van der Waals surface area contributed by atoms with Gasteiger partial charge in [0.1, 0.15) is 5.54 Å². The van der Waals surface area contributed by atoms with Gasteiger partial charge in [0.2, 0.25) is 5.88 Å². The number of nitriles is 1. The first-order chi connectivity index (χ1) is 17.5. The van der Waals surface area contributed by atoms with Gasteiger partial charge in [-0.1, -0.05) is 18.2 Å². The molecule has 37 heavy (non-hydrogen) atoms. The summed E-state index contributed by atoms with van der Waals surface area (Å²) in [5.74, 6) is -0.238. The molecule has 3 aromatic rings. The van der Waals surface area contributed by atoms with E-state index in [0.29, 0.717) is 28.9 Å². The van der Waals surface area contributed by atoms with E-state index in [9.17, 15) is 22.8 Å². The van der Waals surface area contributed by atoms with E-state index < -0.39 is 34.8 Å². The minimum Gasteiger partial charge on any atom is -0.481 e. The highest BCUT2D eigenvalue weighted by molar-refractivity contribution is 6.23. The summed E-state index contributed by atoms with van der Waals surface area (Å²) in [4.78, 5) is 32.9. The standard InChI is InChI=1S/C26H22F3N5O3/c1-25(2)23(35)34(19-10-8-16(13-30)20(12-19)26(27,28)29)24(36)33(25)15-17-6-4-5-7-21(17)32-18-9-11-22(37-3)31-14-18/h4-12,14,32H,15H2,1-3H3. The van der Waals surface area contributed by atoms with Gasteiger partial charge in [-0.2, -0.15) is 18.4 Å². The Morgan fingerprint density at radius 1 is 1.11 bits per heavy atom. The number of methoxy groups -OCH3 is 1. The highest BCUT2D eigenvalue weighted by Gasteiger charge is 2.52. The number of alkyl halides is 3. The Morgan fingerprint density at radius 2 is 1.84 bits per heavy atom. The van der Waals surface area contributed by atoms with Crippen molar-refractivity contribution in [2.75, 3.05) is 17.3 Å². The van der Waals surface area contributed by atoms with Gasteiger partial charge in [0.15, 0.2) is 0 Å². The third-order valence-electron chi connectivity index (χ3n) is 6.08. The van der Waals surface area contributed by atoms with Gasteiger partial charge < -0.3 is 15.0 Å². The molecule has 1 saturated heterocycles. The lowest BCUT2D eigenvalue weighted by molar-refractivity contribution is -0.137. The normalized spacial score (nSPS) is 15.1. The fourth-order valence-electron chi connectivity index (χ4n) is 4.01. The molecule has 0 saturated carbocycles. The molecule has 2 heterocycles. The minimum absolute atomic E-state index is 0.00321. The van der Waals surface area contributed by atoms with Crippen LogP contribution in [0, 0.1) is 11.3 Å². The number of pyridine rings is 1. The average Bonchev–Trinajstić information content (AvgIpc) is 3.03. The molecule has 4 rings (SSSR count). The average molecular weight is 509 g/mol. The smallest absolute Gasteiger partial charge is 0.417 e. The number of urea groups is 1. The fraction of sp³-hybridized carbons (Fsp3) is 0.231. The van der Waals surface area contributed by atoms with Gasteiger partial charge in [-0.05, 0) is 49.7 Å². The summed E-state index contributed by atoms with van der Waals surface area (Å²) in [6, 6.07) is 14.1. The zero-order valence-corrected chi connectivity index (χ0v) is 20.1. The Balaban J connectivity index is 1.66. The zero-order chi connectivity index (χ0) is 27.0. The lowest BCUT2D eigenvalue weighted by Gasteiger charge is -2.28. The molecule has 0 atom stereocenters. The van der Waals surface area contributed by atoms with E-state index in [-0.39, 0.29) is 12.2 Å². The zero-order valence-electron chi connectivity index (χ0n) is 20.1. The molecular formula is C26H22F3N5O3. The molecule has 1 aliphatic heterocycles. The van der Waals surface area contributed by atoms with Crippen molar-refractivity contribution in [3.8, 4) is 11.9 Å². The maximum atomic E-state index is 13.5. The molecule has 8 nitrogen and oxygen atoms in total. The number of nitrogens with zero attached hydrogens (tertiary/aromatic N) is 4. The van der Waals surface area contributed by atoms with Crippen molar-refractivity contribution in [1.29, 1.82) is 5.26 Å². The van der Waals surface area contributed by atoms with Crippen LogP contribution in [-0.4, -0.2) is 34.5 Å². The summed E-state index contributed by atoms with van der Waals surface area (Å²) in [6.07, 6.45) is -3.25. The Labute approximate surface area is 210 Å². The van der Waals surface area contributed by atoms with Gasteiger partial charge in [-0.15, -0.1) is 0 Å². The van der Waals surface area contributed by atoms with Crippen LogP contribution in [0.15, 0.2) is 60.8 Å². The summed E-state index contributed by atoms with van der Waals surface area (Å²) >= 11 is 0. The Morgan fingerprint density at radius 3 is 2.46 bits per heavy atom. The highest BCUT2D eigenvalue weighted by atomic mass is 19.4. The van der Waals surface area contributed by atoms with Crippen LogP contribution < -0.4 is 15.0 Å². The lowest BCUT2D eigenvalue weighted by atomic mass is 10.0. The fourth-order valence-corrected chi connectivity index (χ4v) is 4.01. The van der Waals surface area contributed by atoms with Crippen molar-refractivity contribution in [3.05, 3.63) is 77.5 Å². The van der Waals surface area contributed by atoms with Crippen LogP contribution in [0.3, 0.4) is 0 Å². The van der Waals surface area contributed by atoms with Crippen molar-refractivity contribution in [1.82, 2.24) is 9.88 Å². The molecule has 1 fully saturated rings. The van der Waals surface area contributed by atoms with E-state index in [2.05, 4.69) is 10.3 Å². The number of rotatable bonds is 6. The third kappa shape index (κ3) is 4.78. The van der Waals surface area contributed by atoms with E-state index in [0.717, 1.165) is 17.0 Å². The van der Waals surface area contributed by atoms with Crippen LogP contribution >= 0.6 is 0 Å². The number of para-hydroxylation sites is 1. The Bertz CT molecular complexity index is 1400. The number of aromatic nitrogens is 1. The molecule has 0 aliphatic carbocycles. The molecule has 2 aromatic carbocycles. The number of amides is 3. The van der Waals surface area contributed by atoms with Crippen molar-refractivity contribution in [3.63, 3.8) is 0 Å². The SMILES string of the molecule is COc1ccc(Nc2ccccc2CN2C(=O)N(c3ccc(C#N)c(C(F)(F)F)c3)C(=O)C2(C)C)cn1. The van der Waals surface area contributed by atoms with Crippen LogP contribution in [0.1, 0.15) is 30.5 Å². The maximum absolute atomic E-state index is 13.5. The first kappa shape index (κ1) is 25.5. The number of hydrogen-bond acceptors (Lipinski definition) is 6. The molecule has 190 valence electrons. The third-order valence-corrected chi connectivity index (χ3v) is 6.08. The first-order valence-electron chi connectivity index (χ1n) is 11.1. The predicted molar refractivity (Wildman–Crippen MR) is 129 cm³/mol. The van der Waals surface area contributed by atoms with Gasteiger partial charge in [0, 0.05) is 11.8 Å². The number of carbonyl (C=O) groups is 2. The van der Waals surface area contributed by atoms with Gasteiger partial charge in [-0.25, -0.2) is 14.7 Å². The lowest BCUT2D eigenvalue weighted by Crippen LogP contribution is -2.43. The highest BCUT2D eigenvalue weighted by Crippen LogP contribution is 2.38. The van der Waals surface area contributed by atoms with Crippen LogP contribution in [0.25, 0.3) is 0 Å². The van der Waals surface area contributed by atoms with E-state index in [4.69, 9.17) is 10.00 Å². The van der Waals surface area contributed by atoms with Gasteiger partial charge in [-0.3, -0.25) is 4.79 Å². The van der Waals surface area contributed by atoms with Crippen LogP contribution in [0.4, 0.5) is 35.0 Å². The molecule has 0 spiro atoms. The van der Waals surface area contributed by atoms with E-state index in [1.165, 1.54) is 31.9 Å². The molecule has 11 heteroatoms. The summed E-state index contributed by atoms with van der Waals surface area (Å²) in [5.41, 5.74) is -1.43. The van der Waals surface area contributed by atoms with Crippen molar-refractivity contribution >= 4 is 29.0 Å². The second-order valence-electron chi connectivity index (χ2n) is 8.78. The molecule has 1 aliphatic rings. The number of imide groups is 1. The number of halogens is 3. The van der Waals surface area contributed by atoms with Gasteiger partial charge in [0.05, 0.1) is 48.4 Å². The number of hydrogen-bond donors (Lipinski definition) is 1. The minimum atomic E-state index is -4.83. The van der Waals surface area contributed by atoms with Crippen molar-refractivity contribution < 1.29 is 27.5 Å². The molecule has 0 radical (unpaired) electrons. The molecule has 0 unspecified atom stereocenters. The summed E-state index contributed by atoms with van der Waals surface area (Å²) in [5, 5.41) is 12.3. The number of benzene rings is 2. The topological polar surface area (TPSA) is 98.6 Å². The van der Waals surface area contributed by atoms with Crippen LogP contribution in [0.5, 0.6) is 5.88 Å². The summed E-state index contributed by atoms with van der Waals surface area (Å²) < 4.78 is 45.6. The monoisotopic (exact) mass is 509 g/mol. The maximum Gasteiger partial charge on any atom is 0.417 e. The van der Waals surface area contributed by atoms with Crippen LogP contribution in [-0.2, 0) is 17.5 Å². The largest absolute Gasteiger partial charge is 0.481 e. The van der Waals surface area contributed by atoms with Crippen LogP contribution in [0.2, 0.25) is 0 Å². The van der Waals surface area contributed by atoms with Crippen molar-refractivity contribution in [2.24, 2.45) is 0 Å². The molecular weight excluding hydrogens is 487 g/mol. The summed E-state index contributed by atoms with van der Waals surface area (Å²) in [7, 11) is 1.51. The van der Waals surface area contributed by atoms with E-state index in [1.807, 2.05) is 0 Å². The first-order valence-corrected chi connectivity index (χ1v) is 11.1. The molecule has 3 amide bonds. The molecule has 1 N–H and O–H groups in total. The van der Waals surface area contributed by atoms with E-state index in [1.54, 1.807) is 42.6 Å². The second kappa shape index (κ2) is 9.46. The number of ether oxygens (including phenoxy) is 1. The van der Waals surface area contributed by atoms with Gasteiger partial charge >= 0.3 is 12.2 Å². The van der Waals surface area contributed by atoms with E-state index >= 15 is 0 Å². The number of carbonyl (C=O) groups excluding carboxylic acids is 2. The van der Waals surface area contributed by atoms with Gasteiger partial charge in [0.25, 0.3) is 5.91 Å². The predicted octanol–water partition coefficient (Wildman–Crippen LogP) is 5.47. The Hall–Kier alpha value is -4.59. The molecule has 1 aromatic heterocycles. The second-order valence-corrected chi connectivity index (χ2v) is 8.78. The Kier molecular flexibility index (Phi) is 6.52. The number of nitrogens with one attached hydrogen (secondary N) is 1. The van der Waals surface area contributed by atoms with Crippen molar-refractivity contribution in [2.45, 2.75) is 32.1 Å². The summed E-state index contributed by atoms with van der Waals surface area (Å²) in [6.45, 7) is 3.07. The quantitative estimate of drug-likeness (QED) is 0.443. The molecule has 0 bridgehead atoms. The number of anilines is 3.